The summed E-state index contributed by atoms with van der Waals surface area (Å²) in [5.41, 5.74) is 2.40. The van der Waals surface area contributed by atoms with E-state index >= 15 is 0 Å². The third-order valence-electron chi connectivity index (χ3n) is 3.06. The van der Waals surface area contributed by atoms with Crippen LogP contribution in [0.2, 0.25) is 0 Å². The molecule has 22 heavy (non-hydrogen) atoms. The Morgan fingerprint density at radius 1 is 1.18 bits per heavy atom. The first kappa shape index (κ1) is 16.2. The smallest absolute Gasteiger partial charge is 0.351 e. The van der Waals surface area contributed by atoms with Gasteiger partial charge >= 0.3 is 5.97 Å². The maximum absolute atomic E-state index is 12.1. The lowest BCUT2D eigenvalue weighted by Crippen LogP contribution is -2.29. The molecular formula is C16H18N2O3S. The Labute approximate surface area is 133 Å². The predicted octanol–water partition coefficient (Wildman–Crippen LogP) is 3.25. The fraction of sp³-hybridized carbons (Fsp3) is 0.312. The van der Waals surface area contributed by atoms with E-state index in [1.807, 2.05) is 26.0 Å². The minimum atomic E-state index is -0.879. The second-order valence-electron chi connectivity index (χ2n) is 5.05. The van der Waals surface area contributed by atoms with Gasteiger partial charge in [-0.3, -0.25) is 4.79 Å². The first-order valence-electron chi connectivity index (χ1n) is 6.89. The van der Waals surface area contributed by atoms with Crippen LogP contribution in [0.15, 0.2) is 24.3 Å². The van der Waals surface area contributed by atoms with Crippen molar-refractivity contribution in [1.82, 2.24) is 4.98 Å². The van der Waals surface area contributed by atoms with Crippen LogP contribution in [0.3, 0.4) is 0 Å². The lowest BCUT2D eigenvalue weighted by atomic mass is 10.2. The highest BCUT2D eigenvalue weighted by atomic mass is 32.1. The van der Waals surface area contributed by atoms with E-state index in [2.05, 4.69) is 10.3 Å². The van der Waals surface area contributed by atoms with E-state index in [1.165, 1.54) is 11.3 Å². The van der Waals surface area contributed by atoms with Gasteiger partial charge in [0.15, 0.2) is 6.10 Å². The van der Waals surface area contributed by atoms with Gasteiger partial charge in [0.2, 0.25) is 0 Å². The number of nitrogens with zero attached hydrogens (tertiary/aromatic N) is 1. The number of amides is 1. The monoisotopic (exact) mass is 318 g/mol. The van der Waals surface area contributed by atoms with Crippen molar-refractivity contribution >= 4 is 28.9 Å². The Morgan fingerprint density at radius 3 is 2.36 bits per heavy atom. The molecule has 2 aromatic rings. The Bertz CT molecular complexity index is 692. The third-order valence-corrected chi connectivity index (χ3v) is 4.11. The summed E-state index contributed by atoms with van der Waals surface area (Å²) < 4.78 is 5.21. The number of carbonyl (C=O) groups excluding carboxylic acids is 2. The molecule has 1 N–H and O–H groups in total. The SMILES string of the molecule is Cc1ccc(NC(=O)[C@H](C)OC(=O)c2sc(C)nc2C)cc1. The molecule has 0 aliphatic carbocycles. The summed E-state index contributed by atoms with van der Waals surface area (Å²) in [4.78, 5) is 28.7. The number of esters is 1. The summed E-state index contributed by atoms with van der Waals surface area (Å²) >= 11 is 1.26. The van der Waals surface area contributed by atoms with Crippen LogP contribution in [-0.4, -0.2) is 23.0 Å². The molecule has 116 valence electrons. The van der Waals surface area contributed by atoms with E-state index in [-0.39, 0.29) is 5.91 Å². The van der Waals surface area contributed by atoms with Crippen molar-refractivity contribution in [3.8, 4) is 0 Å². The first-order valence-corrected chi connectivity index (χ1v) is 7.71. The molecule has 5 nitrogen and oxygen atoms in total. The van der Waals surface area contributed by atoms with Gasteiger partial charge in [0.1, 0.15) is 4.88 Å². The molecule has 1 atom stereocenters. The molecule has 1 amide bonds. The van der Waals surface area contributed by atoms with Crippen molar-refractivity contribution < 1.29 is 14.3 Å². The molecule has 0 spiro atoms. The fourth-order valence-electron chi connectivity index (χ4n) is 1.87. The molecule has 1 aromatic heterocycles. The summed E-state index contributed by atoms with van der Waals surface area (Å²) in [6.45, 7) is 7.08. The van der Waals surface area contributed by atoms with Crippen LogP contribution in [0.5, 0.6) is 0 Å². The van der Waals surface area contributed by atoms with E-state index in [0.717, 1.165) is 10.6 Å². The van der Waals surface area contributed by atoms with Crippen LogP contribution in [0.25, 0.3) is 0 Å². The zero-order chi connectivity index (χ0) is 16.3. The number of aryl methyl sites for hydroxylation is 3. The molecular weight excluding hydrogens is 300 g/mol. The van der Waals surface area contributed by atoms with E-state index in [4.69, 9.17) is 4.74 Å². The van der Waals surface area contributed by atoms with Crippen LogP contribution < -0.4 is 5.32 Å². The van der Waals surface area contributed by atoms with Crippen LogP contribution >= 0.6 is 11.3 Å². The minimum absolute atomic E-state index is 0.365. The summed E-state index contributed by atoms with van der Waals surface area (Å²) in [7, 11) is 0. The molecule has 0 saturated carbocycles. The van der Waals surface area contributed by atoms with Crippen molar-refractivity contribution in [3.05, 3.63) is 45.4 Å². The molecule has 0 bridgehead atoms. The Morgan fingerprint density at radius 2 is 1.82 bits per heavy atom. The highest BCUT2D eigenvalue weighted by molar-refractivity contribution is 7.13. The molecule has 0 fully saturated rings. The van der Waals surface area contributed by atoms with Gasteiger partial charge in [0.05, 0.1) is 10.7 Å². The highest BCUT2D eigenvalue weighted by Crippen LogP contribution is 2.19. The summed E-state index contributed by atoms with van der Waals surface area (Å²) in [6.07, 6.45) is -0.879. The van der Waals surface area contributed by atoms with Crippen LogP contribution in [0, 0.1) is 20.8 Å². The van der Waals surface area contributed by atoms with Crippen molar-refractivity contribution in [1.29, 1.82) is 0 Å². The summed E-state index contributed by atoms with van der Waals surface area (Å²) in [6, 6.07) is 7.41. The largest absolute Gasteiger partial charge is 0.448 e. The van der Waals surface area contributed by atoms with Crippen molar-refractivity contribution in [2.75, 3.05) is 5.32 Å². The van der Waals surface area contributed by atoms with Gasteiger partial charge in [-0.05, 0) is 39.8 Å². The Balaban J connectivity index is 1.97. The number of anilines is 1. The Hall–Kier alpha value is -2.21. The van der Waals surface area contributed by atoms with Crippen molar-refractivity contribution in [2.45, 2.75) is 33.8 Å². The number of hydrogen-bond acceptors (Lipinski definition) is 5. The van der Waals surface area contributed by atoms with Crippen LogP contribution in [0.4, 0.5) is 5.69 Å². The molecule has 1 heterocycles. The zero-order valence-electron chi connectivity index (χ0n) is 13.0. The number of aromatic nitrogens is 1. The van der Waals surface area contributed by atoms with E-state index < -0.39 is 12.1 Å². The van der Waals surface area contributed by atoms with Gasteiger partial charge in [-0.1, -0.05) is 17.7 Å². The number of hydrogen-bond donors (Lipinski definition) is 1. The van der Waals surface area contributed by atoms with Gasteiger partial charge in [-0.25, -0.2) is 9.78 Å². The third kappa shape index (κ3) is 3.92. The number of carbonyl (C=O) groups is 2. The molecule has 6 heteroatoms. The standard InChI is InChI=1S/C16H18N2O3S/c1-9-5-7-13(8-6-9)18-15(19)11(3)21-16(20)14-10(2)17-12(4)22-14/h5-8,11H,1-4H3,(H,18,19)/t11-/m0/s1. The lowest BCUT2D eigenvalue weighted by molar-refractivity contribution is -0.123. The lowest BCUT2D eigenvalue weighted by Gasteiger charge is -2.13. The first-order chi connectivity index (χ1) is 10.4. The average Bonchev–Trinajstić information content (AvgIpc) is 2.80. The van der Waals surface area contributed by atoms with E-state index in [9.17, 15) is 9.59 Å². The van der Waals surface area contributed by atoms with Crippen LogP contribution in [0.1, 0.15) is 32.9 Å². The molecule has 0 saturated heterocycles. The quantitative estimate of drug-likeness (QED) is 0.879. The number of rotatable bonds is 4. The number of ether oxygens (including phenoxy) is 1. The highest BCUT2D eigenvalue weighted by Gasteiger charge is 2.22. The molecule has 1 aromatic carbocycles. The molecule has 0 aliphatic rings. The second kappa shape index (κ2) is 6.70. The van der Waals surface area contributed by atoms with Gasteiger partial charge < -0.3 is 10.1 Å². The second-order valence-corrected chi connectivity index (χ2v) is 6.25. The number of thiazole rings is 1. The predicted molar refractivity (Wildman–Crippen MR) is 86.3 cm³/mol. The van der Waals surface area contributed by atoms with Crippen molar-refractivity contribution in [3.63, 3.8) is 0 Å². The molecule has 2 rings (SSSR count). The topological polar surface area (TPSA) is 68.3 Å². The number of nitrogens with one attached hydrogen (secondary N) is 1. The summed E-state index contributed by atoms with van der Waals surface area (Å²) in [5, 5.41) is 3.51. The fourth-order valence-corrected chi connectivity index (χ4v) is 2.67. The molecule has 0 radical (unpaired) electrons. The van der Waals surface area contributed by atoms with E-state index in [1.54, 1.807) is 26.0 Å². The van der Waals surface area contributed by atoms with E-state index in [0.29, 0.717) is 16.3 Å². The normalized spacial score (nSPS) is 11.8. The average molecular weight is 318 g/mol. The maximum atomic E-state index is 12.1. The Kier molecular flexibility index (Phi) is 4.92. The van der Waals surface area contributed by atoms with Gasteiger partial charge in [0, 0.05) is 5.69 Å². The van der Waals surface area contributed by atoms with Gasteiger partial charge in [0.25, 0.3) is 5.91 Å². The zero-order valence-corrected chi connectivity index (χ0v) is 13.8. The van der Waals surface area contributed by atoms with Crippen molar-refractivity contribution in [2.24, 2.45) is 0 Å². The minimum Gasteiger partial charge on any atom is -0.448 e. The number of benzene rings is 1. The van der Waals surface area contributed by atoms with Gasteiger partial charge in [-0.2, -0.15) is 0 Å². The van der Waals surface area contributed by atoms with Gasteiger partial charge in [-0.15, -0.1) is 11.3 Å². The van der Waals surface area contributed by atoms with Crippen LogP contribution in [-0.2, 0) is 9.53 Å². The maximum Gasteiger partial charge on any atom is 0.351 e. The summed E-state index contributed by atoms with van der Waals surface area (Å²) in [5.74, 6) is -0.884. The molecule has 0 aliphatic heterocycles. The molecule has 0 unspecified atom stereocenters.